The molecule has 0 unspecified atom stereocenters. The Hall–Kier alpha value is -0.420. The zero-order valence-corrected chi connectivity index (χ0v) is 11.6. The van der Waals surface area contributed by atoms with Gasteiger partial charge < -0.3 is 15.2 Å². The van der Waals surface area contributed by atoms with Gasteiger partial charge in [0.05, 0.1) is 0 Å². The van der Waals surface area contributed by atoms with Crippen LogP contribution < -0.4 is 10.6 Å². The second-order valence-corrected chi connectivity index (χ2v) is 6.07. The summed E-state index contributed by atoms with van der Waals surface area (Å²) in [5, 5.41) is 16.8. The molecule has 3 N–H and O–H groups in total. The molecule has 1 aliphatic rings. The van der Waals surface area contributed by atoms with Gasteiger partial charge in [0.25, 0.3) is 0 Å². The first kappa shape index (κ1) is 14.6. The number of hydrogen-bond donors (Lipinski definition) is 3. The molecule has 0 aromatic rings. The van der Waals surface area contributed by atoms with Crippen LogP contribution >= 0.6 is 0 Å². The van der Waals surface area contributed by atoms with Crippen LogP contribution in [0.25, 0.3) is 0 Å². The Kier molecular flexibility index (Phi) is 4.04. The van der Waals surface area contributed by atoms with E-state index >= 15 is 0 Å². The average molecular weight is 242 g/mol. The lowest BCUT2D eigenvalue weighted by Crippen LogP contribution is -2.69. The molecule has 100 valence electrons. The van der Waals surface area contributed by atoms with Gasteiger partial charge in [-0.1, -0.05) is 6.58 Å². The minimum atomic E-state index is -1.45. The molecule has 0 saturated carbocycles. The lowest BCUT2D eigenvalue weighted by atomic mass is 9.79. The van der Waals surface area contributed by atoms with Gasteiger partial charge in [0.2, 0.25) is 5.91 Å². The third-order valence-electron chi connectivity index (χ3n) is 3.56. The van der Waals surface area contributed by atoms with Crippen molar-refractivity contribution in [1.29, 1.82) is 0 Å². The van der Waals surface area contributed by atoms with Crippen LogP contribution in [-0.4, -0.2) is 35.2 Å². The molecule has 1 rings (SSSR count). The summed E-state index contributed by atoms with van der Waals surface area (Å²) >= 11 is 0. The van der Waals surface area contributed by atoms with Crippen LogP contribution in [0, 0.1) is 0 Å². The number of ether oxygens (including phenoxy) is 1. The average Bonchev–Trinajstić information content (AvgIpc) is 2.20. The van der Waals surface area contributed by atoms with Crippen LogP contribution in [0.5, 0.6) is 0 Å². The highest BCUT2D eigenvalue weighted by Crippen LogP contribution is 2.29. The van der Waals surface area contributed by atoms with Crippen LogP contribution in [0.15, 0.2) is 12.7 Å². The summed E-state index contributed by atoms with van der Waals surface area (Å²) in [7, 11) is 1.46. The van der Waals surface area contributed by atoms with E-state index in [4.69, 9.17) is 4.74 Å². The molecule has 1 saturated heterocycles. The Morgan fingerprint density at radius 3 is 2.47 bits per heavy atom. The zero-order valence-electron chi connectivity index (χ0n) is 11.6. The van der Waals surface area contributed by atoms with E-state index < -0.39 is 5.91 Å². The molecule has 0 aromatic heterocycles. The molecule has 17 heavy (non-hydrogen) atoms. The molecular formula is C13H26N2O2. The van der Waals surface area contributed by atoms with Crippen LogP contribution in [0.3, 0.4) is 0 Å². The highest BCUT2D eigenvalue weighted by molar-refractivity contribution is 5.04. The van der Waals surface area contributed by atoms with Crippen molar-refractivity contribution in [3.8, 4) is 0 Å². The van der Waals surface area contributed by atoms with E-state index in [1.807, 2.05) is 0 Å². The maximum atomic E-state index is 10.1. The van der Waals surface area contributed by atoms with Crippen LogP contribution in [-0.2, 0) is 4.74 Å². The predicted molar refractivity (Wildman–Crippen MR) is 69.6 cm³/mol. The first-order valence-electron chi connectivity index (χ1n) is 6.12. The Bertz CT molecular complexity index is 289. The monoisotopic (exact) mass is 242 g/mol. The van der Waals surface area contributed by atoms with Crippen molar-refractivity contribution in [2.24, 2.45) is 0 Å². The minimum absolute atomic E-state index is 0.114. The molecule has 1 aliphatic heterocycles. The van der Waals surface area contributed by atoms with Gasteiger partial charge in [0, 0.05) is 24.2 Å². The molecule has 0 amide bonds. The molecule has 0 aromatic carbocycles. The summed E-state index contributed by atoms with van der Waals surface area (Å²) < 4.78 is 5.03. The third kappa shape index (κ3) is 3.52. The molecule has 0 radical (unpaired) electrons. The number of hydrogen-bond acceptors (Lipinski definition) is 4. The lowest BCUT2D eigenvalue weighted by Gasteiger charge is -2.49. The number of nitrogens with one attached hydrogen (secondary N) is 2. The lowest BCUT2D eigenvalue weighted by molar-refractivity contribution is -0.181. The molecule has 1 fully saturated rings. The summed E-state index contributed by atoms with van der Waals surface area (Å²) in [5.74, 6) is -1.45. The summed E-state index contributed by atoms with van der Waals surface area (Å²) in [5.41, 5.74) is 0.0122. The van der Waals surface area contributed by atoms with E-state index in [1.54, 1.807) is 0 Å². The summed E-state index contributed by atoms with van der Waals surface area (Å²) in [6, 6.07) is 0.124. The van der Waals surface area contributed by atoms with Gasteiger partial charge in [-0.25, -0.2) is 0 Å². The topological polar surface area (TPSA) is 53.5 Å². The Morgan fingerprint density at radius 2 is 2.06 bits per heavy atom. The SMILES string of the molecule is C=C[C@@](O)(N[C@H]1CCC(C)(C)NC1(C)C)OC. The quantitative estimate of drug-likeness (QED) is 0.515. The fourth-order valence-corrected chi connectivity index (χ4v) is 2.59. The highest BCUT2D eigenvalue weighted by Gasteiger charge is 2.42. The number of aliphatic hydroxyl groups is 1. The molecule has 2 atom stereocenters. The van der Waals surface area contributed by atoms with Gasteiger partial charge in [-0.3, -0.25) is 5.32 Å². The molecule has 0 spiro atoms. The standard InChI is InChI=1S/C13H26N2O2/c1-7-13(16,17-6)14-10-8-9-11(2,3)15-12(10,4)5/h7,10,14-16H,1,8-9H2,2-6H3/t10-,13-/m0/s1. The van der Waals surface area contributed by atoms with Crippen molar-refractivity contribution >= 4 is 0 Å². The van der Waals surface area contributed by atoms with Crippen molar-refractivity contribution in [2.45, 2.75) is 63.6 Å². The van der Waals surface area contributed by atoms with Crippen molar-refractivity contribution in [2.75, 3.05) is 7.11 Å². The Balaban J connectivity index is 2.76. The first-order chi connectivity index (χ1) is 7.64. The summed E-state index contributed by atoms with van der Waals surface area (Å²) in [6.07, 6.45) is 3.40. The predicted octanol–water partition coefficient (Wildman–Crippen LogP) is 1.36. The summed E-state index contributed by atoms with van der Waals surface area (Å²) in [6.45, 7) is 12.2. The fraction of sp³-hybridized carbons (Fsp3) is 0.846. The molecule has 4 heteroatoms. The van der Waals surface area contributed by atoms with Crippen LogP contribution in [0.1, 0.15) is 40.5 Å². The normalized spacial score (nSPS) is 30.6. The van der Waals surface area contributed by atoms with Gasteiger partial charge in [-0.15, -0.1) is 0 Å². The number of methoxy groups -OCH3 is 1. The largest absolute Gasteiger partial charge is 0.350 e. The van der Waals surface area contributed by atoms with E-state index in [9.17, 15) is 5.11 Å². The maximum absolute atomic E-state index is 10.1. The molecule has 1 heterocycles. The van der Waals surface area contributed by atoms with E-state index in [2.05, 4.69) is 44.9 Å². The van der Waals surface area contributed by atoms with Crippen LogP contribution in [0.2, 0.25) is 0 Å². The van der Waals surface area contributed by atoms with Crippen molar-refractivity contribution in [1.82, 2.24) is 10.6 Å². The number of piperidine rings is 1. The van der Waals surface area contributed by atoms with Crippen molar-refractivity contribution in [3.05, 3.63) is 12.7 Å². The highest BCUT2D eigenvalue weighted by atomic mass is 16.6. The van der Waals surface area contributed by atoms with Gasteiger partial charge in [0.15, 0.2) is 0 Å². The minimum Gasteiger partial charge on any atom is -0.350 e. The van der Waals surface area contributed by atoms with Gasteiger partial charge in [-0.2, -0.15) is 0 Å². The Labute approximate surface area is 104 Å². The first-order valence-corrected chi connectivity index (χ1v) is 6.12. The molecule has 0 aliphatic carbocycles. The fourth-order valence-electron chi connectivity index (χ4n) is 2.59. The summed E-state index contributed by atoms with van der Waals surface area (Å²) in [4.78, 5) is 0. The smallest absolute Gasteiger partial charge is 0.245 e. The van der Waals surface area contributed by atoms with Crippen molar-refractivity contribution in [3.63, 3.8) is 0 Å². The second-order valence-electron chi connectivity index (χ2n) is 6.07. The molecule has 4 nitrogen and oxygen atoms in total. The van der Waals surface area contributed by atoms with E-state index in [-0.39, 0.29) is 17.1 Å². The van der Waals surface area contributed by atoms with Crippen LogP contribution in [0.4, 0.5) is 0 Å². The third-order valence-corrected chi connectivity index (χ3v) is 3.56. The van der Waals surface area contributed by atoms with Gasteiger partial charge >= 0.3 is 0 Å². The van der Waals surface area contributed by atoms with Gasteiger partial charge in [0.1, 0.15) is 0 Å². The van der Waals surface area contributed by atoms with Crippen molar-refractivity contribution < 1.29 is 9.84 Å². The van der Waals surface area contributed by atoms with E-state index in [0.29, 0.717) is 0 Å². The molecular weight excluding hydrogens is 216 g/mol. The Morgan fingerprint density at radius 1 is 1.47 bits per heavy atom. The van der Waals surface area contributed by atoms with E-state index in [0.717, 1.165) is 12.8 Å². The van der Waals surface area contributed by atoms with Gasteiger partial charge in [-0.05, 0) is 46.6 Å². The number of rotatable bonds is 4. The molecule has 0 bridgehead atoms. The maximum Gasteiger partial charge on any atom is 0.245 e. The zero-order chi connectivity index (χ0) is 13.3. The second kappa shape index (κ2) is 4.69. The van der Waals surface area contributed by atoms with E-state index in [1.165, 1.54) is 13.2 Å².